The molecule has 1 N–H and O–H groups in total. The summed E-state index contributed by atoms with van der Waals surface area (Å²) in [6.45, 7) is 8.08. The van der Waals surface area contributed by atoms with Crippen LogP contribution in [0.25, 0.3) is 0 Å². The lowest BCUT2D eigenvalue weighted by Crippen LogP contribution is -2.24. The summed E-state index contributed by atoms with van der Waals surface area (Å²) < 4.78 is 0. The number of aryl methyl sites for hydroxylation is 2. The average molecular weight is 230 g/mol. The molecule has 0 heterocycles. The van der Waals surface area contributed by atoms with Crippen molar-refractivity contribution in [2.24, 2.45) is 5.92 Å². The van der Waals surface area contributed by atoms with Crippen LogP contribution in [-0.4, -0.2) is 13.1 Å². The molecule has 17 heavy (non-hydrogen) atoms. The lowest BCUT2D eigenvalue weighted by atomic mass is 10.0. The number of nitrogens with zero attached hydrogens (tertiary/aromatic N) is 1. The maximum Gasteiger partial charge on any atom is 0.0669 e. The molecule has 0 saturated carbocycles. The van der Waals surface area contributed by atoms with Crippen LogP contribution in [0.1, 0.15) is 30.0 Å². The monoisotopic (exact) mass is 230 g/mol. The molecule has 0 aliphatic heterocycles. The van der Waals surface area contributed by atoms with Gasteiger partial charge in [0.1, 0.15) is 0 Å². The molecule has 0 amide bonds. The molecule has 0 aliphatic rings. The fraction of sp³-hybridized carbons (Fsp3) is 0.533. The third kappa shape index (κ3) is 4.58. The van der Waals surface area contributed by atoms with E-state index in [-0.39, 0.29) is 5.92 Å². The van der Waals surface area contributed by atoms with E-state index in [0.29, 0.717) is 0 Å². The largest absolute Gasteiger partial charge is 0.315 e. The highest BCUT2D eigenvalue weighted by molar-refractivity contribution is 5.30. The lowest BCUT2D eigenvalue weighted by molar-refractivity contribution is 0.554. The number of hydrogen-bond donors (Lipinski definition) is 1. The Morgan fingerprint density at radius 1 is 1.35 bits per heavy atom. The van der Waals surface area contributed by atoms with Crippen LogP contribution in [0.4, 0.5) is 0 Å². The van der Waals surface area contributed by atoms with Gasteiger partial charge < -0.3 is 5.32 Å². The first kappa shape index (κ1) is 13.7. The zero-order valence-electron chi connectivity index (χ0n) is 11.1. The summed E-state index contributed by atoms with van der Waals surface area (Å²) in [6.07, 6.45) is 1.96. The summed E-state index contributed by atoms with van der Waals surface area (Å²) >= 11 is 0. The Kier molecular flexibility index (Phi) is 5.72. The summed E-state index contributed by atoms with van der Waals surface area (Å²) in [7, 11) is 0. The van der Waals surface area contributed by atoms with Gasteiger partial charge in [-0.05, 0) is 44.4 Å². The molecule has 0 aromatic heterocycles. The minimum atomic E-state index is 0.147. The Hall–Kier alpha value is -1.33. The molecule has 2 heteroatoms. The van der Waals surface area contributed by atoms with Gasteiger partial charge in [0.25, 0.3) is 0 Å². The Balaban J connectivity index is 2.34. The van der Waals surface area contributed by atoms with E-state index in [2.05, 4.69) is 50.4 Å². The van der Waals surface area contributed by atoms with Gasteiger partial charge in [-0.3, -0.25) is 0 Å². The Labute approximate surface area is 105 Å². The van der Waals surface area contributed by atoms with Crippen molar-refractivity contribution in [3.8, 4) is 6.07 Å². The topological polar surface area (TPSA) is 35.8 Å². The summed E-state index contributed by atoms with van der Waals surface area (Å²) in [5.74, 6) is 0.147. The van der Waals surface area contributed by atoms with Crippen molar-refractivity contribution in [2.45, 2.75) is 33.6 Å². The van der Waals surface area contributed by atoms with E-state index in [1.54, 1.807) is 0 Å². The van der Waals surface area contributed by atoms with E-state index in [9.17, 15) is 0 Å². The smallest absolute Gasteiger partial charge is 0.0669 e. The van der Waals surface area contributed by atoms with Gasteiger partial charge in [0, 0.05) is 6.54 Å². The summed E-state index contributed by atoms with van der Waals surface area (Å²) in [6, 6.07) is 8.89. The first-order chi connectivity index (χ1) is 8.17. The maximum absolute atomic E-state index is 8.83. The van der Waals surface area contributed by atoms with Crippen molar-refractivity contribution in [3.63, 3.8) is 0 Å². The Morgan fingerprint density at radius 2 is 2.12 bits per heavy atom. The van der Waals surface area contributed by atoms with E-state index in [1.165, 1.54) is 16.7 Å². The number of rotatable bonds is 6. The molecule has 1 aromatic rings. The van der Waals surface area contributed by atoms with Crippen LogP contribution in [0.3, 0.4) is 0 Å². The van der Waals surface area contributed by atoms with Gasteiger partial charge >= 0.3 is 0 Å². The molecule has 0 saturated heterocycles. The number of nitrogens with one attached hydrogen (secondary N) is 1. The Morgan fingerprint density at radius 3 is 2.71 bits per heavy atom. The second-order valence-electron chi connectivity index (χ2n) is 4.62. The maximum atomic E-state index is 8.83. The minimum absolute atomic E-state index is 0.147. The molecular weight excluding hydrogens is 208 g/mol. The first-order valence-corrected chi connectivity index (χ1v) is 6.33. The van der Waals surface area contributed by atoms with Gasteiger partial charge in [-0.2, -0.15) is 5.26 Å². The van der Waals surface area contributed by atoms with E-state index >= 15 is 0 Å². The third-order valence-electron chi connectivity index (χ3n) is 3.14. The van der Waals surface area contributed by atoms with Crippen LogP contribution in [0.2, 0.25) is 0 Å². The van der Waals surface area contributed by atoms with Crippen LogP contribution >= 0.6 is 0 Å². The zero-order chi connectivity index (χ0) is 12.7. The van der Waals surface area contributed by atoms with Gasteiger partial charge in [-0.25, -0.2) is 0 Å². The van der Waals surface area contributed by atoms with Gasteiger partial charge in [0.05, 0.1) is 12.0 Å². The first-order valence-electron chi connectivity index (χ1n) is 6.33. The molecule has 1 aromatic carbocycles. The predicted octanol–water partition coefficient (Wildman–Crippen LogP) is 2.99. The van der Waals surface area contributed by atoms with Crippen LogP contribution < -0.4 is 5.32 Å². The highest BCUT2D eigenvalue weighted by Crippen LogP contribution is 2.10. The molecule has 0 radical (unpaired) electrons. The van der Waals surface area contributed by atoms with E-state index in [0.717, 1.165) is 25.9 Å². The van der Waals surface area contributed by atoms with Crippen LogP contribution in [0.15, 0.2) is 18.2 Å². The van der Waals surface area contributed by atoms with Crippen molar-refractivity contribution in [2.75, 3.05) is 13.1 Å². The molecule has 0 fully saturated rings. The second kappa shape index (κ2) is 7.09. The zero-order valence-corrected chi connectivity index (χ0v) is 11.1. The molecular formula is C15H22N2. The minimum Gasteiger partial charge on any atom is -0.315 e. The van der Waals surface area contributed by atoms with E-state index < -0.39 is 0 Å². The molecule has 0 aliphatic carbocycles. The molecule has 92 valence electrons. The molecule has 0 bridgehead atoms. The Bertz CT molecular complexity index is 390. The summed E-state index contributed by atoms with van der Waals surface area (Å²) in [5, 5.41) is 12.2. The number of benzene rings is 1. The fourth-order valence-electron chi connectivity index (χ4n) is 1.91. The van der Waals surface area contributed by atoms with Crippen molar-refractivity contribution >= 4 is 0 Å². The van der Waals surface area contributed by atoms with Crippen molar-refractivity contribution in [1.82, 2.24) is 5.32 Å². The predicted molar refractivity (Wildman–Crippen MR) is 71.9 cm³/mol. The van der Waals surface area contributed by atoms with Crippen LogP contribution in [0.5, 0.6) is 0 Å². The molecule has 0 spiro atoms. The van der Waals surface area contributed by atoms with Gasteiger partial charge in [0.2, 0.25) is 0 Å². The van der Waals surface area contributed by atoms with Gasteiger partial charge in [-0.1, -0.05) is 30.7 Å². The lowest BCUT2D eigenvalue weighted by Gasteiger charge is -2.10. The third-order valence-corrected chi connectivity index (χ3v) is 3.14. The van der Waals surface area contributed by atoms with Crippen LogP contribution in [-0.2, 0) is 6.42 Å². The quantitative estimate of drug-likeness (QED) is 0.763. The van der Waals surface area contributed by atoms with E-state index in [4.69, 9.17) is 5.26 Å². The van der Waals surface area contributed by atoms with Crippen molar-refractivity contribution in [1.29, 1.82) is 5.26 Å². The molecule has 1 unspecified atom stereocenters. The fourth-order valence-corrected chi connectivity index (χ4v) is 1.91. The standard InChI is InChI=1S/C15H22N2/c1-4-14(10-16)11-17-8-7-15-6-5-12(2)9-13(15)3/h5-6,9,14,17H,4,7-8,11H2,1-3H3. The normalized spacial score (nSPS) is 12.1. The van der Waals surface area contributed by atoms with Crippen LogP contribution in [0, 0.1) is 31.1 Å². The van der Waals surface area contributed by atoms with Crippen molar-refractivity contribution < 1.29 is 0 Å². The SMILES string of the molecule is CCC(C#N)CNCCc1ccc(C)cc1C. The summed E-state index contributed by atoms with van der Waals surface area (Å²) in [4.78, 5) is 0. The average Bonchev–Trinajstić information content (AvgIpc) is 2.32. The molecule has 2 nitrogen and oxygen atoms in total. The van der Waals surface area contributed by atoms with Crippen molar-refractivity contribution in [3.05, 3.63) is 34.9 Å². The molecule has 1 rings (SSSR count). The highest BCUT2D eigenvalue weighted by atomic mass is 14.8. The number of nitriles is 1. The number of hydrogen-bond acceptors (Lipinski definition) is 2. The van der Waals surface area contributed by atoms with Gasteiger partial charge in [0.15, 0.2) is 0 Å². The highest BCUT2D eigenvalue weighted by Gasteiger charge is 2.03. The second-order valence-corrected chi connectivity index (χ2v) is 4.62. The van der Waals surface area contributed by atoms with Gasteiger partial charge in [-0.15, -0.1) is 0 Å². The summed E-state index contributed by atoms with van der Waals surface area (Å²) in [5.41, 5.74) is 4.07. The van der Waals surface area contributed by atoms with E-state index in [1.807, 2.05) is 0 Å². The molecule has 1 atom stereocenters.